The Bertz CT molecular complexity index is 755. The number of para-hydroxylation sites is 1. The van der Waals surface area contributed by atoms with Crippen LogP contribution in [0.1, 0.15) is 0 Å². The Morgan fingerprint density at radius 1 is 1.05 bits per heavy atom. The fourth-order valence-electron chi connectivity index (χ4n) is 1.72. The second kappa shape index (κ2) is 5.37. The number of ether oxygens (including phenoxy) is 1. The molecule has 1 heterocycles. The number of tetrazole rings is 1. The van der Waals surface area contributed by atoms with E-state index in [0.717, 1.165) is 5.69 Å². The summed E-state index contributed by atoms with van der Waals surface area (Å²) in [5, 5.41) is 21.8. The third kappa shape index (κ3) is 2.68. The molecule has 0 bridgehead atoms. The molecule has 0 saturated heterocycles. The number of hydrogen-bond donors (Lipinski definition) is 0. The van der Waals surface area contributed by atoms with Crippen molar-refractivity contribution in [3.63, 3.8) is 0 Å². The number of nitrogens with zero attached hydrogens (tertiary/aromatic N) is 5. The maximum Gasteiger partial charge on any atom is 0.345 e. The topological polar surface area (TPSA) is 96.0 Å². The number of non-ortho nitro benzene ring substituents is 1. The van der Waals surface area contributed by atoms with Crippen molar-refractivity contribution in [2.24, 2.45) is 0 Å². The van der Waals surface area contributed by atoms with Gasteiger partial charge in [0.2, 0.25) is 0 Å². The standard InChI is InChI=1S/C13H9N5O3/c19-18(20)11-6-8-12(9-7-11)21-13-14-15-16-17(13)10-4-2-1-3-5-10/h1-9H. The van der Waals surface area contributed by atoms with Gasteiger partial charge in [-0.25, -0.2) is 0 Å². The maximum absolute atomic E-state index is 10.6. The molecule has 0 atom stereocenters. The lowest BCUT2D eigenvalue weighted by Crippen LogP contribution is -2.00. The van der Waals surface area contributed by atoms with Crippen LogP contribution in [0.3, 0.4) is 0 Å². The highest BCUT2D eigenvalue weighted by Gasteiger charge is 2.11. The van der Waals surface area contributed by atoms with Crippen LogP contribution in [0.15, 0.2) is 54.6 Å². The van der Waals surface area contributed by atoms with Crippen LogP contribution in [-0.4, -0.2) is 25.1 Å². The highest BCUT2D eigenvalue weighted by Crippen LogP contribution is 2.23. The monoisotopic (exact) mass is 283 g/mol. The van der Waals surface area contributed by atoms with Gasteiger partial charge in [0.1, 0.15) is 5.75 Å². The van der Waals surface area contributed by atoms with E-state index in [9.17, 15) is 10.1 Å². The molecule has 0 unspecified atom stereocenters. The zero-order valence-corrected chi connectivity index (χ0v) is 10.7. The number of hydrogen-bond acceptors (Lipinski definition) is 6. The number of aromatic nitrogens is 4. The Labute approximate surface area is 118 Å². The summed E-state index contributed by atoms with van der Waals surface area (Å²) in [5.74, 6) is 0.410. The summed E-state index contributed by atoms with van der Waals surface area (Å²) < 4.78 is 6.97. The third-order valence-corrected chi connectivity index (χ3v) is 2.70. The van der Waals surface area contributed by atoms with Crippen molar-refractivity contribution >= 4 is 5.69 Å². The summed E-state index contributed by atoms with van der Waals surface area (Å²) in [6, 6.07) is 15.1. The summed E-state index contributed by atoms with van der Waals surface area (Å²) in [6.07, 6.45) is 0. The van der Waals surface area contributed by atoms with E-state index in [1.807, 2.05) is 30.3 Å². The highest BCUT2D eigenvalue weighted by molar-refractivity contribution is 5.38. The molecule has 8 heteroatoms. The zero-order valence-electron chi connectivity index (χ0n) is 10.7. The summed E-state index contributed by atoms with van der Waals surface area (Å²) in [5.41, 5.74) is 0.740. The summed E-state index contributed by atoms with van der Waals surface area (Å²) in [7, 11) is 0. The second-order valence-corrected chi connectivity index (χ2v) is 4.06. The fourth-order valence-corrected chi connectivity index (χ4v) is 1.72. The van der Waals surface area contributed by atoms with E-state index in [0.29, 0.717) is 5.75 Å². The molecule has 0 saturated carbocycles. The Morgan fingerprint density at radius 2 is 1.76 bits per heavy atom. The van der Waals surface area contributed by atoms with Crippen LogP contribution in [0.25, 0.3) is 5.69 Å². The van der Waals surface area contributed by atoms with Gasteiger partial charge in [-0.15, -0.1) is 0 Å². The molecular formula is C13H9N5O3. The molecular weight excluding hydrogens is 274 g/mol. The van der Waals surface area contributed by atoms with Crippen molar-refractivity contribution in [1.29, 1.82) is 0 Å². The third-order valence-electron chi connectivity index (χ3n) is 2.70. The summed E-state index contributed by atoms with van der Waals surface area (Å²) in [4.78, 5) is 10.1. The first-order valence-corrected chi connectivity index (χ1v) is 6.00. The first kappa shape index (κ1) is 12.7. The van der Waals surface area contributed by atoms with Crippen LogP contribution >= 0.6 is 0 Å². The lowest BCUT2D eigenvalue weighted by Gasteiger charge is -2.05. The molecule has 0 aliphatic rings. The predicted molar refractivity (Wildman–Crippen MR) is 72.3 cm³/mol. The lowest BCUT2D eigenvalue weighted by atomic mass is 10.3. The SMILES string of the molecule is O=[N+]([O-])c1ccc(Oc2nnnn2-c2ccccc2)cc1. The Hall–Kier alpha value is -3.29. The molecule has 3 aromatic rings. The van der Waals surface area contributed by atoms with Crippen LogP contribution in [0.5, 0.6) is 11.8 Å². The average molecular weight is 283 g/mol. The van der Waals surface area contributed by atoms with Gasteiger partial charge in [0.15, 0.2) is 0 Å². The van der Waals surface area contributed by atoms with Gasteiger partial charge >= 0.3 is 6.01 Å². The predicted octanol–water partition coefficient (Wildman–Crippen LogP) is 2.36. The summed E-state index contributed by atoms with van der Waals surface area (Å²) in [6.45, 7) is 0. The lowest BCUT2D eigenvalue weighted by molar-refractivity contribution is -0.384. The van der Waals surface area contributed by atoms with Crippen LogP contribution in [0, 0.1) is 10.1 Å². The largest absolute Gasteiger partial charge is 0.423 e. The number of benzene rings is 2. The number of nitro benzene ring substituents is 1. The van der Waals surface area contributed by atoms with Gasteiger partial charge in [0.05, 0.1) is 10.6 Å². The van der Waals surface area contributed by atoms with Crippen molar-refractivity contribution < 1.29 is 9.66 Å². The molecule has 0 fully saturated rings. The van der Waals surface area contributed by atoms with E-state index >= 15 is 0 Å². The van der Waals surface area contributed by atoms with Crippen molar-refractivity contribution in [2.45, 2.75) is 0 Å². The summed E-state index contributed by atoms with van der Waals surface area (Å²) >= 11 is 0. The molecule has 0 radical (unpaired) electrons. The van der Waals surface area contributed by atoms with E-state index in [1.165, 1.54) is 28.9 Å². The molecule has 8 nitrogen and oxygen atoms in total. The van der Waals surface area contributed by atoms with E-state index < -0.39 is 4.92 Å². The van der Waals surface area contributed by atoms with E-state index in [-0.39, 0.29) is 11.7 Å². The fraction of sp³-hybridized carbons (Fsp3) is 0. The Balaban J connectivity index is 1.86. The van der Waals surface area contributed by atoms with E-state index in [4.69, 9.17) is 4.74 Å². The molecule has 21 heavy (non-hydrogen) atoms. The molecule has 1 aromatic heterocycles. The first-order valence-electron chi connectivity index (χ1n) is 6.00. The number of rotatable bonds is 4. The zero-order chi connectivity index (χ0) is 14.7. The number of nitro groups is 1. The van der Waals surface area contributed by atoms with Gasteiger partial charge in [-0.1, -0.05) is 23.3 Å². The van der Waals surface area contributed by atoms with Crippen LogP contribution in [0.4, 0.5) is 5.69 Å². The molecule has 0 aliphatic carbocycles. The minimum absolute atomic E-state index is 0.00926. The Morgan fingerprint density at radius 3 is 2.43 bits per heavy atom. The van der Waals surface area contributed by atoms with Crippen LogP contribution in [0.2, 0.25) is 0 Å². The van der Waals surface area contributed by atoms with Crippen molar-refractivity contribution in [2.75, 3.05) is 0 Å². The molecule has 2 aromatic carbocycles. The van der Waals surface area contributed by atoms with Gasteiger partial charge in [-0.05, 0) is 34.7 Å². The van der Waals surface area contributed by atoms with E-state index in [1.54, 1.807) is 0 Å². The minimum Gasteiger partial charge on any atom is -0.423 e. The van der Waals surface area contributed by atoms with Gasteiger partial charge in [0, 0.05) is 12.1 Å². The Kier molecular flexibility index (Phi) is 3.26. The molecule has 0 spiro atoms. The normalized spacial score (nSPS) is 10.3. The molecule has 3 rings (SSSR count). The molecule has 0 amide bonds. The maximum atomic E-state index is 10.6. The quantitative estimate of drug-likeness (QED) is 0.538. The van der Waals surface area contributed by atoms with Gasteiger partial charge in [-0.2, -0.15) is 4.68 Å². The van der Waals surface area contributed by atoms with Crippen molar-refractivity contribution in [3.05, 3.63) is 64.7 Å². The van der Waals surface area contributed by atoms with Crippen molar-refractivity contribution in [3.8, 4) is 17.4 Å². The minimum atomic E-state index is -0.474. The first-order chi connectivity index (χ1) is 10.2. The second-order valence-electron chi connectivity index (χ2n) is 4.06. The highest BCUT2D eigenvalue weighted by atomic mass is 16.6. The molecule has 104 valence electrons. The average Bonchev–Trinajstić information content (AvgIpc) is 2.97. The molecule has 0 N–H and O–H groups in total. The van der Waals surface area contributed by atoms with Gasteiger partial charge in [0.25, 0.3) is 5.69 Å². The van der Waals surface area contributed by atoms with Crippen LogP contribution in [-0.2, 0) is 0 Å². The smallest absolute Gasteiger partial charge is 0.345 e. The van der Waals surface area contributed by atoms with E-state index in [2.05, 4.69) is 15.5 Å². The van der Waals surface area contributed by atoms with Crippen LogP contribution < -0.4 is 4.74 Å². The van der Waals surface area contributed by atoms with Gasteiger partial charge < -0.3 is 4.74 Å². The van der Waals surface area contributed by atoms with Gasteiger partial charge in [-0.3, -0.25) is 10.1 Å². The van der Waals surface area contributed by atoms with Crippen molar-refractivity contribution in [1.82, 2.24) is 20.2 Å². The molecule has 0 aliphatic heterocycles.